The number of H-pyrrole nitrogens is 1. The zero-order valence-corrected chi connectivity index (χ0v) is 31.3. The van der Waals surface area contributed by atoms with Crippen LogP contribution in [0.15, 0.2) is 185 Å². The van der Waals surface area contributed by atoms with Crippen molar-refractivity contribution in [3.8, 4) is 0 Å². The molecule has 0 amide bonds. The van der Waals surface area contributed by atoms with Crippen molar-refractivity contribution < 1.29 is 27.4 Å². The Kier molecular flexibility index (Phi) is 9.96. The van der Waals surface area contributed by atoms with Crippen LogP contribution in [0.25, 0.3) is 16.7 Å². The summed E-state index contributed by atoms with van der Waals surface area (Å²) in [6.07, 6.45) is 11.4. The first-order valence-electron chi connectivity index (χ1n) is 16.7. The number of hydrogen-bond donors (Lipinski definition) is 2. The van der Waals surface area contributed by atoms with Gasteiger partial charge in [-0.15, -0.1) is 0 Å². The molecule has 2 aliphatic rings. The standard InChI is InChI=1S/C45H32N4O2.Zn/c1-2-37(46)43(34-17-13-31(28-50)14-18-34)38-23-24-40(48-38)44(33-11-7-4-8-12-33)41-25-26-42(49-41)45(35-19-15-32(29-51)16-20-35)39-22-21-36(47-39)27-30-9-5-3-6-10-30;/h2-26,28-29,49H,1,46H2;/b43-37-,44-40-,45-39-;. The third-order valence-corrected chi connectivity index (χ3v) is 10.6. The Morgan fingerprint density at radius 1 is 0.577 bits per heavy atom. The van der Waals surface area contributed by atoms with Crippen molar-refractivity contribution in [2.75, 3.05) is 0 Å². The van der Waals surface area contributed by atoms with Crippen LogP contribution >= 0.6 is 0 Å². The third kappa shape index (κ3) is 6.95. The minimum atomic E-state index is 0.482. The molecule has 246 valence electrons. The number of aromatic amines is 1. The third-order valence-electron chi connectivity index (χ3n) is 8.95. The molecule has 7 rings (SSSR count). The van der Waals surface area contributed by atoms with Gasteiger partial charge in [-0.1, -0.05) is 36.9 Å². The summed E-state index contributed by atoms with van der Waals surface area (Å²) >= 11 is 0.958. The van der Waals surface area contributed by atoms with Crippen LogP contribution < -0.4 is 5.73 Å². The number of aliphatic imine (C=N–C) groups is 2. The van der Waals surface area contributed by atoms with E-state index in [1.807, 2.05) is 84.9 Å². The Bertz CT molecular complexity index is 2440. The summed E-state index contributed by atoms with van der Waals surface area (Å²) in [5, 5.41) is 0. The molecule has 4 aromatic carbocycles. The van der Waals surface area contributed by atoms with Crippen molar-refractivity contribution in [1.82, 2.24) is 4.98 Å². The molecule has 0 radical (unpaired) electrons. The first kappa shape index (κ1) is 34.0. The van der Waals surface area contributed by atoms with Crippen molar-refractivity contribution in [3.63, 3.8) is 0 Å². The number of carbonyl (C=O) groups is 2. The second-order valence-corrected chi connectivity index (χ2v) is 13.7. The predicted molar refractivity (Wildman–Crippen MR) is 208 cm³/mol. The van der Waals surface area contributed by atoms with E-state index in [9.17, 15) is 9.59 Å². The van der Waals surface area contributed by atoms with Crippen LogP contribution in [0.1, 0.15) is 54.4 Å². The molecule has 52 heavy (non-hydrogen) atoms. The van der Waals surface area contributed by atoms with Gasteiger partial charge in [0.1, 0.15) is 6.29 Å². The maximum atomic E-state index is 11.5. The Labute approximate surface area is 311 Å². The van der Waals surface area contributed by atoms with Crippen LogP contribution in [-0.4, -0.2) is 33.1 Å². The van der Waals surface area contributed by atoms with Gasteiger partial charge in [-0.05, 0) is 11.6 Å². The number of carbonyl (C=O) groups excluding carboxylic acids is 2. The summed E-state index contributed by atoms with van der Waals surface area (Å²) in [7, 11) is 0. The van der Waals surface area contributed by atoms with E-state index in [1.165, 1.54) is 9.67 Å². The van der Waals surface area contributed by atoms with Gasteiger partial charge in [0.15, 0.2) is 0 Å². The van der Waals surface area contributed by atoms with Gasteiger partial charge in [0.05, 0.1) is 0 Å². The second kappa shape index (κ2) is 15.2. The van der Waals surface area contributed by atoms with Crippen molar-refractivity contribution in [2.45, 2.75) is 0 Å². The molecular formula is C45H32N4O2Zn. The van der Waals surface area contributed by atoms with E-state index in [0.29, 0.717) is 22.5 Å². The monoisotopic (exact) mass is 724 g/mol. The number of allylic oxidation sites excluding steroid dienone is 6. The van der Waals surface area contributed by atoms with Crippen LogP contribution in [0.5, 0.6) is 0 Å². The van der Waals surface area contributed by atoms with E-state index in [2.05, 4.69) is 60.1 Å². The SMILES string of the molecule is C=C/C(N)=C(C1=N/C(=C(/c2ccccc2)c2ccc(/C(=C3/C=CC([C](=[Zn])c4ccccc4)=N3)c3ccc(C=O)cc3)[nH]2)C=C1)\c1ccc(C=O)cc1. The number of hydrogen-bond acceptors (Lipinski definition) is 5. The fourth-order valence-corrected chi connectivity index (χ4v) is 7.20. The summed E-state index contributed by atoms with van der Waals surface area (Å²) in [6.45, 7) is 3.91. The minimum absolute atomic E-state index is 0.482. The number of rotatable bonds is 11. The normalized spacial score (nSPS) is 15.8. The van der Waals surface area contributed by atoms with Gasteiger partial charge >= 0.3 is 231 Å². The van der Waals surface area contributed by atoms with Crippen molar-refractivity contribution >= 4 is 44.8 Å². The van der Waals surface area contributed by atoms with Gasteiger partial charge in [0.25, 0.3) is 0 Å². The number of aldehydes is 2. The molecule has 0 saturated heterocycles. The number of nitrogens with zero attached hydrogens (tertiary/aromatic N) is 2. The fraction of sp³-hybridized carbons (Fsp3) is 0. The number of nitrogens with one attached hydrogen (secondary N) is 1. The van der Waals surface area contributed by atoms with E-state index < -0.39 is 0 Å². The van der Waals surface area contributed by atoms with Crippen LogP contribution in [0.2, 0.25) is 0 Å². The first-order chi connectivity index (χ1) is 25.5. The number of nitrogens with two attached hydrogens (primary N) is 1. The molecule has 0 spiro atoms. The predicted octanol–water partition coefficient (Wildman–Crippen LogP) is 8.50. The van der Waals surface area contributed by atoms with Gasteiger partial charge in [-0.25, -0.2) is 0 Å². The molecule has 0 fully saturated rings. The fourth-order valence-electron chi connectivity index (χ4n) is 6.29. The van der Waals surface area contributed by atoms with E-state index in [-0.39, 0.29) is 0 Å². The zero-order valence-electron chi connectivity index (χ0n) is 28.3. The topological polar surface area (TPSA) is 101 Å². The number of benzene rings is 4. The first-order valence-corrected chi connectivity index (χ1v) is 18.2. The minimum Gasteiger partial charge on any atom is -0.298 e. The van der Waals surface area contributed by atoms with Crippen molar-refractivity contribution in [3.05, 3.63) is 220 Å². The van der Waals surface area contributed by atoms with Gasteiger partial charge in [-0.2, -0.15) is 0 Å². The summed E-state index contributed by atoms with van der Waals surface area (Å²) in [5.41, 5.74) is 19.6. The molecule has 2 aliphatic heterocycles. The molecule has 3 heterocycles. The molecule has 0 atom stereocenters. The average Bonchev–Trinajstić information content (AvgIpc) is 3.99. The molecule has 3 N–H and O–H groups in total. The quantitative estimate of drug-likeness (QED) is 0.0812. The van der Waals surface area contributed by atoms with Gasteiger partial charge < -0.3 is 5.73 Å². The van der Waals surface area contributed by atoms with E-state index in [0.717, 1.165) is 92.3 Å². The van der Waals surface area contributed by atoms with Gasteiger partial charge in [-0.3, -0.25) is 4.79 Å². The van der Waals surface area contributed by atoms with Crippen LogP contribution in [-0.2, 0) is 17.9 Å². The van der Waals surface area contributed by atoms with Gasteiger partial charge in [0.2, 0.25) is 0 Å². The Morgan fingerprint density at radius 2 is 1.04 bits per heavy atom. The molecule has 7 heteroatoms. The summed E-state index contributed by atoms with van der Waals surface area (Å²) in [6, 6.07) is 39.4. The molecule has 5 aromatic rings. The van der Waals surface area contributed by atoms with Crippen molar-refractivity contribution in [2.24, 2.45) is 15.7 Å². The van der Waals surface area contributed by atoms with Crippen LogP contribution in [0.3, 0.4) is 0 Å². The zero-order chi connectivity index (χ0) is 36.0. The van der Waals surface area contributed by atoms with E-state index in [4.69, 9.17) is 15.7 Å². The van der Waals surface area contributed by atoms with Gasteiger partial charge in [0, 0.05) is 16.8 Å². The molecular weight excluding hydrogens is 694 g/mol. The molecule has 0 saturated carbocycles. The molecule has 0 bridgehead atoms. The Hall–Kier alpha value is -6.43. The summed E-state index contributed by atoms with van der Waals surface area (Å²) < 4.78 is 1.21. The maximum absolute atomic E-state index is 11.5. The molecule has 6 nitrogen and oxygen atoms in total. The van der Waals surface area contributed by atoms with Crippen molar-refractivity contribution in [1.29, 1.82) is 0 Å². The van der Waals surface area contributed by atoms with E-state index >= 15 is 0 Å². The molecule has 0 unspecified atom stereocenters. The Morgan fingerprint density at radius 3 is 1.56 bits per heavy atom. The smallest absolute Gasteiger partial charge is 0.298 e. The second-order valence-electron chi connectivity index (χ2n) is 12.2. The Balaban J connectivity index is 1.36. The molecule has 0 aliphatic carbocycles. The van der Waals surface area contributed by atoms with Crippen LogP contribution in [0.4, 0.5) is 0 Å². The molecule has 1 aromatic heterocycles. The van der Waals surface area contributed by atoms with E-state index in [1.54, 1.807) is 18.2 Å². The number of aromatic nitrogens is 1. The average molecular weight is 726 g/mol. The summed E-state index contributed by atoms with van der Waals surface area (Å²) in [5.74, 6) is 0. The summed E-state index contributed by atoms with van der Waals surface area (Å²) in [4.78, 5) is 36.8. The van der Waals surface area contributed by atoms with Crippen LogP contribution in [0, 0.1) is 0 Å².